The van der Waals surface area contributed by atoms with Crippen LogP contribution in [0.1, 0.15) is 39.6 Å². The molecule has 0 bridgehead atoms. The number of rotatable bonds is 7. The normalized spacial score (nSPS) is 13.1. The molecular weight excluding hydrogens is 552 g/mol. The largest absolute Gasteiger partial charge is 0.573 e. The van der Waals surface area contributed by atoms with Crippen LogP contribution in [-0.2, 0) is 9.84 Å². The Hall–Kier alpha value is -4.29. The van der Waals surface area contributed by atoms with E-state index in [2.05, 4.69) is 35.4 Å². The summed E-state index contributed by atoms with van der Waals surface area (Å²) in [5.74, 6) is -3.18. The molecule has 12 nitrogen and oxygen atoms in total. The van der Waals surface area contributed by atoms with Crippen LogP contribution < -0.4 is 15.4 Å². The third-order valence-corrected chi connectivity index (χ3v) is 6.09. The number of ether oxygens (including phenoxy) is 1. The smallest absolute Gasteiger partial charge is 0.406 e. The van der Waals surface area contributed by atoms with Crippen LogP contribution >= 0.6 is 0 Å². The predicted molar refractivity (Wildman–Crippen MR) is 113 cm³/mol. The lowest BCUT2D eigenvalue weighted by molar-refractivity contribution is -0.274. The molecule has 2 N–H and O–H groups in total. The number of alkyl halides is 6. The Morgan fingerprint density at radius 2 is 1.66 bits per heavy atom. The number of carbonyl (C=O) groups is 2. The van der Waals surface area contributed by atoms with Crippen molar-refractivity contribution in [2.24, 2.45) is 0 Å². The highest BCUT2D eigenvalue weighted by atomic mass is 32.2. The Morgan fingerprint density at radius 3 is 2.26 bits per heavy atom. The van der Waals surface area contributed by atoms with Crippen molar-refractivity contribution in [3.63, 3.8) is 0 Å². The highest BCUT2D eigenvalue weighted by molar-refractivity contribution is 7.92. The van der Waals surface area contributed by atoms with Crippen molar-refractivity contribution in [1.82, 2.24) is 35.4 Å². The quantitative estimate of drug-likeness (QED) is 0.408. The van der Waals surface area contributed by atoms with Gasteiger partial charge in [-0.25, -0.2) is 23.4 Å². The number of nitrogens with zero attached hydrogens (tertiary/aromatic N) is 5. The topological polar surface area (TPSA) is 158 Å². The van der Waals surface area contributed by atoms with Crippen molar-refractivity contribution in [3.8, 4) is 11.6 Å². The van der Waals surface area contributed by atoms with E-state index in [0.717, 1.165) is 17.3 Å². The molecule has 0 fully saturated rings. The molecule has 0 aliphatic carbocycles. The summed E-state index contributed by atoms with van der Waals surface area (Å²) in [5.41, 5.74) is -6.81. The van der Waals surface area contributed by atoms with E-state index in [0.29, 0.717) is 6.07 Å². The van der Waals surface area contributed by atoms with Crippen LogP contribution in [0.4, 0.5) is 26.3 Å². The first-order valence-corrected chi connectivity index (χ1v) is 11.5. The van der Waals surface area contributed by atoms with Gasteiger partial charge < -0.3 is 15.4 Å². The molecule has 38 heavy (non-hydrogen) atoms. The number of benzene rings is 1. The minimum Gasteiger partial charge on any atom is -0.406 e. The summed E-state index contributed by atoms with van der Waals surface area (Å²) >= 11 is 0. The van der Waals surface area contributed by atoms with Crippen LogP contribution in [-0.4, -0.2) is 63.9 Å². The molecule has 19 heteroatoms. The highest BCUT2D eigenvalue weighted by Gasteiger charge is 2.47. The van der Waals surface area contributed by atoms with Gasteiger partial charge in [-0.3, -0.25) is 9.59 Å². The number of aromatic nitrogens is 5. The molecule has 0 unspecified atom stereocenters. The first kappa shape index (κ1) is 28.3. The van der Waals surface area contributed by atoms with Crippen LogP contribution in [0.15, 0.2) is 41.8 Å². The monoisotopic (exact) mass is 567 g/mol. The van der Waals surface area contributed by atoms with E-state index in [9.17, 15) is 44.3 Å². The van der Waals surface area contributed by atoms with E-state index >= 15 is 0 Å². The van der Waals surface area contributed by atoms with Gasteiger partial charge in [0.15, 0.2) is 11.6 Å². The van der Waals surface area contributed by atoms with Gasteiger partial charge in [0.25, 0.3) is 21.7 Å². The lowest BCUT2D eigenvalue weighted by Crippen LogP contribution is -2.30. The molecule has 204 valence electrons. The van der Waals surface area contributed by atoms with Crippen molar-refractivity contribution in [1.29, 1.82) is 0 Å². The summed E-state index contributed by atoms with van der Waals surface area (Å²) in [7, 11) is -4.78. The maximum atomic E-state index is 13.0. The van der Waals surface area contributed by atoms with Crippen LogP contribution in [0.3, 0.4) is 0 Å². The highest BCUT2D eigenvalue weighted by Crippen LogP contribution is 2.34. The molecule has 0 aliphatic rings. The molecule has 0 saturated carbocycles. The number of hydrogen-bond donors (Lipinski definition) is 2. The molecule has 2 heterocycles. The molecule has 2 aromatic heterocycles. The van der Waals surface area contributed by atoms with Gasteiger partial charge in [-0.05, 0) is 25.1 Å². The third-order valence-electron chi connectivity index (χ3n) is 4.63. The second kappa shape index (κ2) is 10.2. The van der Waals surface area contributed by atoms with Gasteiger partial charge in [-0.2, -0.15) is 23.0 Å². The maximum absolute atomic E-state index is 13.0. The molecule has 1 aromatic carbocycles. The average Bonchev–Trinajstić information content (AvgIpc) is 3.32. The van der Waals surface area contributed by atoms with E-state index in [1.165, 1.54) is 20.0 Å². The summed E-state index contributed by atoms with van der Waals surface area (Å²) in [6.45, 7) is 1.34. The minimum absolute atomic E-state index is 0.00764. The fourth-order valence-electron chi connectivity index (χ4n) is 2.97. The van der Waals surface area contributed by atoms with E-state index in [4.69, 9.17) is 0 Å². The Kier molecular flexibility index (Phi) is 7.61. The molecule has 0 spiro atoms. The second-order valence-electron chi connectivity index (χ2n) is 7.26. The first-order chi connectivity index (χ1) is 17.5. The summed E-state index contributed by atoms with van der Waals surface area (Å²) in [6.07, 6.45) is -3.31. The van der Waals surface area contributed by atoms with Crippen molar-refractivity contribution in [2.45, 2.75) is 29.7 Å². The number of nitrogens with one attached hydrogen (secondary N) is 2. The number of hydrogen-bond acceptors (Lipinski definition) is 9. The summed E-state index contributed by atoms with van der Waals surface area (Å²) in [4.78, 5) is 34.6. The van der Waals surface area contributed by atoms with Crippen LogP contribution in [0.5, 0.6) is 5.75 Å². The Balaban J connectivity index is 1.96. The van der Waals surface area contributed by atoms with E-state index < -0.39 is 55.8 Å². The number of carbonyl (C=O) groups excluding carboxylic acids is 2. The van der Waals surface area contributed by atoms with E-state index in [-0.39, 0.29) is 29.5 Å². The lowest BCUT2D eigenvalue weighted by atomic mass is 10.2. The molecule has 0 aliphatic heterocycles. The number of sulfone groups is 1. The Labute approximate surface area is 209 Å². The van der Waals surface area contributed by atoms with Crippen LogP contribution in [0, 0.1) is 0 Å². The molecule has 3 aromatic rings. The number of halogens is 6. The zero-order valence-electron chi connectivity index (χ0n) is 19.0. The standard InChI is InChI=1S/C19H15F6N7O5S/c1-9(15-29-8-30-32(15)14-6-13(17(34)26-2)27-7-28-14)31-16(33)10-3-11(37-18(20,21)22)5-12(4-10)38(35,36)19(23,24)25/h3-9H,1-2H3,(H,26,34)(H,31,33)/t9-/m0/s1. The number of amides is 2. The Morgan fingerprint density at radius 1 is 0.974 bits per heavy atom. The minimum atomic E-state index is -6.14. The van der Waals surface area contributed by atoms with Gasteiger partial charge in [-0.1, -0.05) is 0 Å². The third kappa shape index (κ3) is 6.15. The van der Waals surface area contributed by atoms with Gasteiger partial charge in [-0.15, -0.1) is 13.2 Å². The Bertz CT molecular complexity index is 1470. The zero-order valence-corrected chi connectivity index (χ0v) is 19.8. The fourth-order valence-corrected chi connectivity index (χ4v) is 3.79. The van der Waals surface area contributed by atoms with Crippen molar-refractivity contribution < 1.29 is 49.1 Å². The molecule has 3 rings (SSSR count). The molecular formula is C19H15F6N7O5S. The average molecular weight is 567 g/mol. The van der Waals surface area contributed by atoms with Gasteiger partial charge in [0.1, 0.15) is 24.1 Å². The van der Waals surface area contributed by atoms with Crippen molar-refractivity contribution >= 4 is 21.7 Å². The van der Waals surface area contributed by atoms with Gasteiger partial charge in [0.2, 0.25) is 0 Å². The lowest BCUT2D eigenvalue weighted by Gasteiger charge is -2.17. The van der Waals surface area contributed by atoms with E-state index in [1.54, 1.807) is 0 Å². The first-order valence-electron chi connectivity index (χ1n) is 10.0. The summed E-state index contributed by atoms with van der Waals surface area (Å²) in [5, 5.41) is 8.54. The maximum Gasteiger partial charge on any atom is 0.573 e. The van der Waals surface area contributed by atoms with Gasteiger partial charge >= 0.3 is 11.9 Å². The summed E-state index contributed by atoms with van der Waals surface area (Å²) in [6, 6.07) is 0.775. The van der Waals surface area contributed by atoms with Gasteiger partial charge in [0.05, 0.1) is 10.9 Å². The molecule has 2 amide bonds. The van der Waals surface area contributed by atoms with Crippen LogP contribution in [0.25, 0.3) is 5.82 Å². The molecule has 0 saturated heterocycles. The van der Waals surface area contributed by atoms with E-state index in [1.807, 2.05) is 0 Å². The fraction of sp³-hybridized carbons (Fsp3) is 0.263. The van der Waals surface area contributed by atoms with Gasteiger partial charge in [0, 0.05) is 18.7 Å². The zero-order chi connectivity index (χ0) is 28.5. The molecule has 1 atom stereocenters. The van der Waals surface area contributed by atoms with Crippen LogP contribution in [0.2, 0.25) is 0 Å². The second-order valence-corrected chi connectivity index (χ2v) is 9.20. The summed E-state index contributed by atoms with van der Waals surface area (Å²) < 4.78 is 105. The van der Waals surface area contributed by atoms with Crippen molar-refractivity contribution in [2.75, 3.05) is 7.05 Å². The predicted octanol–water partition coefficient (Wildman–Crippen LogP) is 2.10. The molecule has 0 radical (unpaired) electrons. The van der Waals surface area contributed by atoms with Crippen molar-refractivity contribution in [3.05, 3.63) is 54.0 Å². The SMILES string of the molecule is CNC(=O)c1cc(-n2ncnc2[C@H](C)NC(=O)c2cc(OC(F)(F)F)cc(S(=O)(=O)C(F)(F)F)c2)ncn1.